The monoisotopic (exact) mass is 288 g/mol. The van der Waals surface area contributed by atoms with Crippen molar-refractivity contribution in [1.29, 1.82) is 0 Å². The van der Waals surface area contributed by atoms with Gasteiger partial charge in [-0.1, -0.05) is 0 Å². The highest BCUT2D eigenvalue weighted by Crippen LogP contribution is 2.20. The molecule has 0 radical (unpaired) electrons. The van der Waals surface area contributed by atoms with Crippen molar-refractivity contribution in [3.63, 3.8) is 0 Å². The van der Waals surface area contributed by atoms with E-state index in [2.05, 4.69) is 10.2 Å². The first-order chi connectivity index (χ1) is 10.1. The van der Waals surface area contributed by atoms with Gasteiger partial charge < -0.3 is 9.47 Å². The summed E-state index contributed by atoms with van der Waals surface area (Å²) >= 11 is 0. The van der Waals surface area contributed by atoms with E-state index in [1.807, 2.05) is 0 Å². The molecule has 6 heteroatoms. The smallest absolute Gasteiger partial charge is 0.261 e. The third-order valence-electron chi connectivity index (χ3n) is 2.69. The number of carbonyl (C=O) groups excluding carboxylic acids is 1. The first-order valence-electron chi connectivity index (χ1n) is 6.06. The van der Waals surface area contributed by atoms with Gasteiger partial charge in [-0.2, -0.15) is 10.2 Å². The molecule has 2 rings (SSSR count). The molecule has 0 aromatic heterocycles. The molecular weight excluding hydrogens is 275 g/mol. The van der Waals surface area contributed by atoms with E-state index in [0.717, 1.165) is 0 Å². The lowest BCUT2D eigenvalue weighted by atomic mass is 10.1. The summed E-state index contributed by atoms with van der Waals surface area (Å²) in [6.45, 7) is 0. The standard InChI is InChI=1S/C15H13FN2O3/c1-20-13-7-10(8-14(21-2)15(13)19)9-17-18-12-5-3-11(16)4-6-12/h3-9H,1-2H3. The maximum Gasteiger partial charge on any atom is 0.261 e. The second-order valence-electron chi connectivity index (χ2n) is 4.08. The molecule has 1 aromatic rings. The predicted molar refractivity (Wildman–Crippen MR) is 74.2 cm³/mol. The van der Waals surface area contributed by atoms with E-state index in [1.54, 1.807) is 0 Å². The van der Waals surface area contributed by atoms with Crippen molar-refractivity contribution < 1.29 is 18.7 Å². The number of azo groups is 1. The minimum absolute atomic E-state index is 0.164. The number of methoxy groups -OCH3 is 2. The summed E-state index contributed by atoms with van der Waals surface area (Å²) < 4.78 is 22.7. The molecule has 0 aliphatic heterocycles. The fourth-order valence-corrected chi connectivity index (χ4v) is 1.64. The van der Waals surface area contributed by atoms with Crippen LogP contribution in [0.15, 0.2) is 69.9 Å². The van der Waals surface area contributed by atoms with Crippen LogP contribution in [0.5, 0.6) is 0 Å². The third kappa shape index (κ3) is 3.62. The summed E-state index contributed by atoms with van der Waals surface area (Å²) in [5.41, 5.74) is 1.13. The summed E-state index contributed by atoms with van der Waals surface area (Å²) in [7, 11) is 2.81. The van der Waals surface area contributed by atoms with Crippen LogP contribution in [0.4, 0.5) is 10.1 Å². The van der Waals surface area contributed by atoms with Crippen LogP contribution in [0, 0.1) is 5.82 Å². The number of benzene rings is 1. The second kappa shape index (κ2) is 6.60. The highest BCUT2D eigenvalue weighted by Gasteiger charge is 2.21. The van der Waals surface area contributed by atoms with Crippen molar-refractivity contribution in [2.45, 2.75) is 0 Å². The Morgan fingerprint density at radius 3 is 2.14 bits per heavy atom. The molecule has 0 unspecified atom stereocenters. The SMILES string of the molecule is COC1=CC(=CN=Nc2ccc(F)cc2)C=C(OC)C1=O. The van der Waals surface area contributed by atoms with E-state index in [0.29, 0.717) is 11.3 Å². The highest BCUT2D eigenvalue weighted by atomic mass is 19.1. The van der Waals surface area contributed by atoms with E-state index in [1.165, 1.54) is 56.8 Å². The second-order valence-corrected chi connectivity index (χ2v) is 4.08. The predicted octanol–water partition coefficient (Wildman–Crippen LogP) is 3.44. The van der Waals surface area contributed by atoms with Crippen LogP contribution < -0.4 is 0 Å². The topological polar surface area (TPSA) is 60.3 Å². The number of nitrogens with zero attached hydrogens (tertiary/aromatic N) is 2. The largest absolute Gasteiger partial charge is 0.492 e. The Hall–Kier alpha value is -2.76. The Kier molecular flexibility index (Phi) is 4.61. The van der Waals surface area contributed by atoms with Crippen LogP contribution in [0.25, 0.3) is 0 Å². The minimum atomic E-state index is -0.335. The molecule has 21 heavy (non-hydrogen) atoms. The molecule has 1 aliphatic carbocycles. The number of Topliss-reactive ketones (excluding diaryl/α,β-unsaturated/α-hetero) is 1. The number of rotatable bonds is 4. The van der Waals surface area contributed by atoms with E-state index in [4.69, 9.17) is 9.47 Å². The number of carbonyl (C=O) groups is 1. The van der Waals surface area contributed by atoms with Crippen molar-refractivity contribution in [2.24, 2.45) is 10.2 Å². The van der Waals surface area contributed by atoms with Crippen LogP contribution in [-0.4, -0.2) is 20.0 Å². The first-order valence-corrected chi connectivity index (χ1v) is 6.06. The molecule has 0 N–H and O–H groups in total. The molecule has 0 saturated heterocycles. The van der Waals surface area contributed by atoms with E-state index < -0.39 is 0 Å². The Morgan fingerprint density at radius 2 is 1.62 bits per heavy atom. The van der Waals surface area contributed by atoms with Gasteiger partial charge in [-0.05, 0) is 36.4 Å². The van der Waals surface area contributed by atoms with E-state index >= 15 is 0 Å². The zero-order valence-corrected chi connectivity index (χ0v) is 11.5. The summed E-state index contributed by atoms with van der Waals surface area (Å²) in [6.07, 6.45) is 4.52. The van der Waals surface area contributed by atoms with Gasteiger partial charge in [-0.25, -0.2) is 4.39 Å². The Balaban J connectivity index is 2.20. The van der Waals surface area contributed by atoms with Gasteiger partial charge in [0, 0.05) is 5.57 Å². The van der Waals surface area contributed by atoms with Crippen molar-refractivity contribution >= 4 is 11.5 Å². The Morgan fingerprint density at radius 1 is 1.05 bits per heavy atom. The first kappa shape index (κ1) is 14.6. The quantitative estimate of drug-likeness (QED) is 0.797. The lowest BCUT2D eigenvalue weighted by Crippen LogP contribution is -2.13. The molecular formula is C15H13FN2O3. The van der Waals surface area contributed by atoms with Crippen molar-refractivity contribution in [2.75, 3.05) is 14.2 Å². The molecule has 0 spiro atoms. The van der Waals surface area contributed by atoms with Crippen LogP contribution in [0.2, 0.25) is 0 Å². The summed E-state index contributed by atoms with van der Waals surface area (Å²) in [4.78, 5) is 11.8. The maximum atomic E-state index is 12.7. The van der Waals surface area contributed by atoms with E-state index in [-0.39, 0.29) is 23.1 Å². The average molecular weight is 288 g/mol. The molecule has 0 atom stereocenters. The van der Waals surface area contributed by atoms with Gasteiger partial charge in [0.1, 0.15) is 5.82 Å². The van der Waals surface area contributed by atoms with Gasteiger partial charge in [-0.3, -0.25) is 4.79 Å². The van der Waals surface area contributed by atoms with Crippen LogP contribution in [0.1, 0.15) is 0 Å². The van der Waals surface area contributed by atoms with Gasteiger partial charge in [-0.15, -0.1) is 0 Å². The molecule has 5 nitrogen and oxygen atoms in total. The molecule has 0 bridgehead atoms. The number of hydrogen-bond acceptors (Lipinski definition) is 5. The molecule has 108 valence electrons. The zero-order chi connectivity index (χ0) is 15.2. The normalized spacial score (nSPS) is 14.8. The molecule has 0 heterocycles. The number of allylic oxidation sites excluding steroid dienone is 3. The fraction of sp³-hybridized carbons (Fsp3) is 0.133. The van der Waals surface area contributed by atoms with Crippen molar-refractivity contribution in [1.82, 2.24) is 0 Å². The molecule has 1 aromatic carbocycles. The lowest BCUT2D eigenvalue weighted by Gasteiger charge is -2.12. The van der Waals surface area contributed by atoms with Crippen LogP contribution in [-0.2, 0) is 14.3 Å². The summed E-state index contributed by atoms with van der Waals surface area (Å²) in [5, 5.41) is 7.81. The zero-order valence-electron chi connectivity index (χ0n) is 11.5. The Labute approximate surface area is 121 Å². The van der Waals surface area contributed by atoms with Gasteiger partial charge in [0.15, 0.2) is 11.5 Å². The van der Waals surface area contributed by atoms with Crippen molar-refractivity contribution in [3.8, 4) is 0 Å². The fourth-order valence-electron chi connectivity index (χ4n) is 1.64. The molecule has 1 aliphatic rings. The molecule has 0 saturated carbocycles. The molecule has 0 fully saturated rings. The van der Waals surface area contributed by atoms with Gasteiger partial charge in [0.05, 0.1) is 26.1 Å². The highest BCUT2D eigenvalue weighted by molar-refractivity contribution is 6.07. The maximum absolute atomic E-state index is 12.7. The molecule has 0 amide bonds. The number of halogens is 1. The third-order valence-corrected chi connectivity index (χ3v) is 2.69. The van der Waals surface area contributed by atoms with Gasteiger partial charge in [0.2, 0.25) is 0 Å². The minimum Gasteiger partial charge on any atom is -0.492 e. The summed E-state index contributed by atoms with van der Waals surface area (Å²) in [6, 6.07) is 5.61. The number of ketones is 1. The van der Waals surface area contributed by atoms with Crippen LogP contribution in [0.3, 0.4) is 0 Å². The lowest BCUT2D eigenvalue weighted by molar-refractivity contribution is -0.117. The number of hydrogen-bond donors (Lipinski definition) is 0. The number of ether oxygens (including phenoxy) is 2. The summed E-state index contributed by atoms with van der Waals surface area (Å²) in [5.74, 6) is -0.332. The van der Waals surface area contributed by atoms with E-state index in [9.17, 15) is 9.18 Å². The average Bonchev–Trinajstić information content (AvgIpc) is 2.50. The van der Waals surface area contributed by atoms with Gasteiger partial charge in [0.25, 0.3) is 5.78 Å². The van der Waals surface area contributed by atoms with Crippen molar-refractivity contribution in [3.05, 3.63) is 65.5 Å². The Bertz CT molecular complexity index is 632. The van der Waals surface area contributed by atoms with Gasteiger partial charge >= 0.3 is 0 Å². The van der Waals surface area contributed by atoms with Crippen LogP contribution >= 0.6 is 0 Å².